The number of hydrogen-bond donors (Lipinski definition) is 1. The van der Waals surface area contributed by atoms with Gasteiger partial charge in [0.25, 0.3) is 0 Å². The minimum absolute atomic E-state index is 0.0601. The number of amides is 1. The highest BCUT2D eigenvalue weighted by Gasteiger charge is 2.19. The first-order valence-corrected chi connectivity index (χ1v) is 10.2. The average Bonchev–Trinajstić information content (AvgIpc) is 2.66. The Morgan fingerprint density at radius 2 is 1.68 bits per heavy atom. The molecule has 0 aromatic heterocycles. The van der Waals surface area contributed by atoms with Gasteiger partial charge in [0, 0.05) is 19.4 Å². The van der Waals surface area contributed by atoms with Gasteiger partial charge in [0.2, 0.25) is 5.91 Å². The van der Waals surface area contributed by atoms with Crippen LogP contribution >= 0.6 is 0 Å². The molecule has 28 heavy (non-hydrogen) atoms. The predicted octanol–water partition coefficient (Wildman–Crippen LogP) is 2.63. The minimum atomic E-state index is -3.93. The van der Waals surface area contributed by atoms with Crippen LogP contribution in [0, 0.1) is 0 Å². The predicted molar refractivity (Wildman–Crippen MR) is 103 cm³/mol. The summed E-state index contributed by atoms with van der Waals surface area (Å²) in [6, 6.07) is 14.2. The summed E-state index contributed by atoms with van der Waals surface area (Å²) in [5.41, 5.74) is 0.756. The zero-order valence-electron chi connectivity index (χ0n) is 15.8. The van der Waals surface area contributed by atoms with Crippen molar-refractivity contribution in [2.45, 2.75) is 31.1 Å². The number of ether oxygens (including phenoxy) is 1. The smallest absolute Gasteiger partial charge is 0.339 e. The van der Waals surface area contributed by atoms with Gasteiger partial charge in [0.15, 0.2) is 0 Å². The van der Waals surface area contributed by atoms with Crippen LogP contribution in [-0.4, -0.2) is 33.4 Å². The molecule has 2 rings (SSSR count). The van der Waals surface area contributed by atoms with Crippen molar-refractivity contribution < 1.29 is 26.9 Å². The van der Waals surface area contributed by atoms with E-state index < -0.39 is 10.1 Å². The fourth-order valence-electron chi connectivity index (χ4n) is 2.55. The molecule has 0 spiro atoms. The summed E-state index contributed by atoms with van der Waals surface area (Å²) < 4.78 is 34.7. The standard InChI is InChI=1S/C20H23NO6S/c1-3-26-20(23)13-17(14-21-15(2)22)16-9-11-18(12-10-16)27-28(24,25)19-7-5-4-6-8-19/h4-12,17H,3,13-14H2,1-2H3,(H,21,22). The third kappa shape index (κ3) is 6.38. The van der Waals surface area contributed by atoms with Crippen LogP contribution in [0.4, 0.5) is 0 Å². The zero-order chi connectivity index (χ0) is 20.6. The van der Waals surface area contributed by atoms with E-state index in [1.807, 2.05) is 0 Å². The number of benzene rings is 2. The Balaban J connectivity index is 2.14. The molecule has 0 aliphatic heterocycles. The number of rotatable bonds is 9. The topological polar surface area (TPSA) is 98.8 Å². The van der Waals surface area contributed by atoms with E-state index in [0.717, 1.165) is 5.56 Å². The van der Waals surface area contributed by atoms with Crippen molar-refractivity contribution in [1.29, 1.82) is 0 Å². The summed E-state index contributed by atoms with van der Waals surface area (Å²) >= 11 is 0. The Hall–Kier alpha value is -2.87. The summed E-state index contributed by atoms with van der Waals surface area (Å²) in [5.74, 6) is -0.725. The van der Waals surface area contributed by atoms with E-state index in [-0.39, 0.29) is 48.0 Å². The molecule has 8 heteroatoms. The lowest BCUT2D eigenvalue weighted by molar-refractivity contribution is -0.143. The van der Waals surface area contributed by atoms with E-state index >= 15 is 0 Å². The highest BCUT2D eigenvalue weighted by Crippen LogP contribution is 2.24. The molecule has 1 N–H and O–H groups in total. The number of carbonyl (C=O) groups is 2. The Morgan fingerprint density at radius 1 is 1.04 bits per heavy atom. The molecule has 7 nitrogen and oxygen atoms in total. The molecule has 1 atom stereocenters. The first-order chi connectivity index (χ1) is 13.3. The van der Waals surface area contributed by atoms with Crippen LogP contribution < -0.4 is 9.50 Å². The van der Waals surface area contributed by atoms with Gasteiger partial charge >= 0.3 is 16.1 Å². The fourth-order valence-corrected chi connectivity index (χ4v) is 3.50. The molecule has 0 heterocycles. The summed E-state index contributed by atoms with van der Waals surface area (Å²) in [6.45, 7) is 3.65. The lowest BCUT2D eigenvalue weighted by Crippen LogP contribution is -2.27. The maximum absolute atomic E-state index is 12.3. The Morgan fingerprint density at radius 3 is 2.25 bits per heavy atom. The van der Waals surface area contributed by atoms with Crippen LogP contribution in [0.3, 0.4) is 0 Å². The number of hydrogen-bond acceptors (Lipinski definition) is 6. The highest BCUT2D eigenvalue weighted by molar-refractivity contribution is 7.87. The minimum Gasteiger partial charge on any atom is -0.466 e. The van der Waals surface area contributed by atoms with Crippen LogP contribution in [0.25, 0.3) is 0 Å². The molecule has 2 aromatic rings. The molecule has 1 amide bonds. The van der Waals surface area contributed by atoms with Crippen molar-refractivity contribution in [3.05, 3.63) is 60.2 Å². The van der Waals surface area contributed by atoms with E-state index in [0.29, 0.717) is 0 Å². The van der Waals surface area contributed by atoms with Crippen LogP contribution in [0.2, 0.25) is 0 Å². The van der Waals surface area contributed by atoms with Gasteiger partial charge in [0.05, 0.1) is 13.0 Å². The average molecular weight is 405 g/mol. The largest absolute Gasteiger partial charge is 0.466 e. The molecular formula is C20H23NO6S. The molecule has 1 unspecified atom stereocenters. The maximum Gasteiger partial charge on any atom is 0.339 e. The van der Waals surface area contributed by atoms with Crippen LogP contribution in [0.15, 0.2) is 59.5 Å². The molecule has 0 saturated heterocycles. The van der Waals surface area contributed by atoms with Gasteiger partial charge in [-0.1, -0.05) is 30.3 Å². The van der Waals surface area contributed by atoms with E-state index in [2.05, 4.69) is 5.32 Å². The van der Waals surface area contributed by atoms with Gasteiger partial charge in [-0.05, 0) is 36.8 Å². The molecular weight excluding hydrogens is 382 g/mol. The quantitative estimate of drug-likeness (QED) is 0.509. The molecule has 0 aliphatic rings. The lowest BCUT2D eigenvalue weighted by atomic mass is 9.95. The van der Waals surface area contributed by atoms with Gasteiger partial charge in [-0.15, -0.1) is 0 Å². The maximum atomic E-state index is 12.3. The second-order valence-corrected chi connectivity index (χ2v) is 7.61. The number of esters is 1. The zero-order valence-corrected chi connectivity index (χ0v) is 16.6. The van der Waals surface area contributed by atoms with Crippen molar-refractivity contribution in [2.75, 3.05) is 13.2 Å². The summed E-state index contributed by atoms with van der Waals surface area (Å²) in [7, 11) is -3.93. The number of nitrogens with one attached hydrogen (secondary N) is 1. The Labute approximate surface area is 164 Å². The molecule has 0 aliphatic carbocycles. The molecule has 150 valence electrons. The Kier molecular flexibility index (Phi) is 7.57. The second kappa shape index (κ2) is 9.89. The molecule has 0 saturated carbocycles. The molecule has 0 fully saturated rings. The molecule has 2 aromatic carbocycles. The fraction of sp³-hybridized carbons (Fsp3) is 0.300. The van der Waals surface area contributed by atoms with Crippen LogP contribution in [-0.2, 0) is 24.4 Å². The molecule has 0 bridgehead atoms. The van der Waals surface area contributed by atoms with Crippen molar-refractivity contribution in [3.8, 4) is 5.75 Å². The number of carbonyl (C=O) groups excluding carboxylic acids is 2. The van der Waals surface area contributed by atoms with Crippen molar-refractivity contribution in [2.24, 2.45) is 0 Å². The first-order valence-electron chi connectivity index (χ1n) is 8.81. The normalized spacial score (nSPS) is 12.1. The highest BCUT2D eigenvalue weighted by atomic mass is 32.2. The lowest BCUT2D eigenvalue weighted by Gasteiger charge is -2.17. The third-order valence-corrected chi connectivity index (χ3v) is 5.17. The third-order valence-electron chi connectivity index (χ3n) is 3.91. The van der Waals surface area contributed by atoms with Gasteiger partial charge in [-0.3, -0.25) is 9.59 Å². The molecule has 0 radical (unpaired) electrons. The van der Waals surface area contributed by atoms with Crippen molar-refractivity contribution >= 4 is 22.0 Å². The summed E-state index contributed by atoms with van der Waals surface area (Å²) in [5, 5.41) is 2.69. The SMILES string of the molecule is CCOC(=O)CC(CNC(C)=O)c1ccc(OS(=O)(=O)c2ccccc2)cc1. The van der Waals surface area contributed by atoms with E-state index in [9.17, 15) is 18.0 Å². The van der Waals surface area contributed by atoms with Gasteiger partial charge < -0.3 is 14.2 Å². The van der Waals surface area contributed by atoms with E-state index in [1.165, 1.54) is 31.2 Å². The van der Waals surface area contributed by atoms with Crippen molar-refractivity contribution in [1.82, 2.24) is 5.32 Å². The van der Waals surface area contributed by atoms with Crippen LogP contribution in [0.1, 0.15) is 31.7 Å². The Bertz CT molecular complexity index is 894. The second-order valence-electron chi connectivity index (χ2n) is 6.06. The van der Waals surface area contributed by atoms with Crippen molar-refractivity contribution in [3.63, 3.8) is 0 Å². The summed E-state index contributed by atoms with van der Waals surface area (Å²) in [6.07, 6.45) is 0.0939. The van der Waals surface area contributed by atoms with Gasteiger partial charge in [0.1, 0.15) is 10.6 Å². The van der Waals surface area contributed by atoms with E-state index in [4.69, 9.17) is 8.92 Å². The monoisotopic (exact) mass is 405 g/mol. The first kappa shape index (κ1) is 21.4. The summed E-state index contributed by atoms with van der Waals surface area (Å²) in [4.78, 5) is 23.1. The van der Waals surface area contributed by atoms with Crippen LogP contribution in [0.5, 0.6) is 5.75 Å². The van der Waals surface area contributed by atoms with Gasteiger partial charge in [-0.2, -0.15) is 8.42 Å². The van der Waals surface area contributed by atoms with E-state index in [1.54, 1.807) is 37.3 Å². The van der Waals surface area contributed by atoms with Gasteiger partial charge in [-0.25, -0.2) is 0 Å².